The Bertz CT molecular complexity index is 1040. The maximum Gasteiger partial charge on any atom is 0.290 e. The van der Waals surface area contributed by atoms with E-state index >= 15 is 0 Å². The molecule has 1 N–H and O–H groups in total. The monoisotopic (exact) mass is 402 g/mol. The van der Waals surface area contributed by atoms with Crippen molar-refractivity contribution in [1.82, 2.24) is 5.32 Å². The SMILES string of the molecule is O=C1NC(=O)/C(=C/c2cc(F)c3c(c2)N(Cc2ccc(F)cc2)C(=O)CO3)S1. The number of nitrogens with zero attached hydrogens (tertiary/aromatic N) is 1. The molecule has 0 aromatic heterocycles. The van der Waals surface area contributed by atoms with Crippen LogP contribution in [-0.4, -0.2) is 23.7 Å². The molecule has 2 aliphatic heterocycles. The van der Waals surface area contributed by atoms with E-state index in [4.69, 9.17) is 4.74 Å². The maximum atomic E-state index is 14.6. The van der Waals surface area contributed by atoms with Gasteiger partial charge < -0.3 is 9.64 Å². The molecule has 0 atom stereocenters. The van der Waals surface area contributed by atoms with Crippen LogP contribution in [0.3, 0.4) is 0 Å². The van der Waals surface area contributed by atoms with E-state index in [1.54, 1.807) is 0 Å². The van der Waals surface area contributed by atoms with Gasteiger partial charge in [0.2, 0.25) is 0 Å². The lowest BCUT2D eigenvalue weighted by Crippen LogP contribution is -2.38. The first kappa shape index (κ1) is 18.2. The average molecular weight is 402 g/mol. The number of hydrogen-bond acceptors (Lipinski definition) is 5. The quantitative estimate of drug-likeness (QED) is 0.798. The van der Waals surface area contributed by atoms with Gasteiger partial charge in [0.25, 0.3) is 17.1 Å². The Kier molecular flexibility index (Phi) is 4.60. The molecule has 1 fully saturated rings. The number of fused-ring (bicyclic) bond motifs is 1. The van der Waals surface area contributed by atoms with Crippen molar-refractivity contribution in [3.63, 3.8) is 0 Å². The summed E-state index contributed by atoms with van der Waals surface area (Å²) >= 11 is 0.709. The number of rotatable bonds is 3. The van der Waals surface area contributed by atoms with Crippen molar-refractivity contribution in [1.29, 1.82) is 0 Å². The number of anilines is 1. The van der Waals surface area contributed by atoms with Crippen molar-refractivity contribution in [2.75, 3.05) is 11.5 Å². The normalized spacial score (nSPS) is 17.6. The van der Waals surface area contributed by atoms with E-state index in [0.717, 1.165) is 6.07 Å². The minimum Gasteiger partial charge on any atom is -0.478 e. The van der Waals surface area contributed by atoms with E-state index in [0.29, 0.717) is 22.9 Å². The van der Waals surface area contributed by atoms with Crippen LogP contribution in [0.2, 0.25) is 0 Å². The van der Waals surface area contributed by atoms with Gasteiger partial charge in [-0.1, -0.05) is 12.1 Å². The molecule has 28 heavy (non-hydrogen) atoms. The van der Waals surface area contributed by atoms with E-state index in [1.807, 2.05) is 0 Å². The fraction of sp³-hybridized carbons (Fsp3) is 0.105. The lowest BCUT2D eigenvalue weighted by molar-refractivity contribution is -0.121. The molecule has 0 radical (unpaired) electrons. The zero-order chi connectivity index (χ0) is 19.8. The third-order valence-corrected chi connectivity index (χ3v) is 4.98. The summed E-state index contributed by atoms with van der Waals surface area (Å²) < 4.78 is 32.9. The largest absolute Gasteiger partial charge is 0.478 e. The summed E-state index contributed by atoms with van der Waals surface area (Å²) in [5.74, 6) is -2.13. The Hall–Kier alpha value is -3.20. The number of benzene rings is 2. The number of carbonyl (C=O) groups is 3. The van der Waals surface area contributed by atoms with E-state index in [2.05, 4.69) is 5.32 Å². The molecule has 0 aliphatic carbocycles. The third kappa shape index (κ3) is 3.48. The summed E-state index contributed by atoms with van der Waals surface area (Å²) in [5, 5.41) is 1.61. The highest BCUT2D eigenvalue weighted by Crippen LogP contribution is 2.38. The molecule has 0 saturated carbocycles. The van der Waals surface area contributed by atoms with Crippen LogP contribution < -0.4 is 15.0 Å². The van der Waals surface area contributed by atoms with Crippen molar-refractivity contribution >= 4 is 40.6 Å². The van der Waals surface area contributed by atoms with Crippen molar-refractivity contribution in [2.45, 2.75) is 6.54 Å². The molecule has 0 unspecified atom stereocenters. The van der Waals surface area contributed by atoms with Gasteiger partial charge in [0.1, 0.15) is 5.82 Å². The number of nitrogens with one attached hydrogen (secondary N) is 1. The van der Waals surface area contributed by atoms with E-state index in [9.17, 15) is 23.2 Å². The van der Waals surface area contributed by atoms with Gasteiger partial charge in [0.15, 0.2) is 18.2 Å². The summed E-state index contributed by atoms with van der Waals surface area (Å²) in [6.07, 6.45) is 1.36. The molecule has 2 aromatic rings. The number of imide groups is 1. The molecule has 1 saturated heterocycles. The Morgan fingerprint density at radius 3 is 2.57 bits per heavy atom. The molecule has 0 bridgehead atoms. The topological polar surface area (TPSA) is 75.7 Å². The highest BCUT2D eigenvalue weighted by Gasteiger charge is 2.30. The third-order valence-electron chi connectivity index (χ3n) is 4.17. The summed E-state index contributed by atoms with van der Waals surface area (Å²) in [5.41, 5.74) is 1.15. The predicted molar refractivity (Wildman–Crippen MR) is 98.6 cm³/mol. The van der Waals surface area contributed by atoms with Gasteiger partial charge in [-0.3, -0.25) is 19.7 Å². The van der Waals surface area contributed by atoms with E-state index < -0.39 is 22.8 Å². The summed E-state index contributed by atoms with van der Waals surface area (Å²) in [7, 11) is 0. The van der Waals surface area contributed by atoms with Crippen LogP contribution in [0.1, 0.15) is 11.1 Å². The molecule has 3 amide bonds. The number of thioether (sulfide) groups is 1. The molecular formula is C19H12F2N2O4S. The highest BCUT2D eigenvalue weighted by atomic mass is 32.2. The minimum absolute atomic E-state index is 0.0801. The summed E-state index contributed by atoms with van der Waals surface area (Å²) in [4.78, 5) is 36.8. The first-order valence-electron chi connectivity index (χ1n) is 8.17. The van der Waals surface area contributed by atoms with Crippen LogP contribution in [-0.2, 0) is 16.1 Å². The number of ether oxygens (including phenoxy) is 1. The number of amides is 3. The number of halogens is 2. The minimum atomic E-state index is -0.698. The fourth-order valence-corrected chi connectivity index (χ4v) is 3.57. The summed E-state index contributed by atoms with van der Waals surface area (Å²) in [6.45, 7) is -0.221. The second-order valence-corrected chi connectivity index (χ2v) is 7.11. The van der Waals surface area contributed by atoms with Gasteiger partial charge in [0.05, 0.1) is 17.1 Å². The lowest BCUT2D eigenvalue weighted by Gasteiger charge is -2.30. The van der Waals surface area contributed by atoms with Crippen LogP contribution in [0.4, 0.5) is 19.3 Å². The summed E-state index contributed by atoms with van der Waals surface area (Å²) in [6, 6.07) is 8.28. The van der Waals surface area contributed by atoms with Gasteiger partial charge in [-0.2, -0.15) is 0 Å². The second kappa shape index (κ2) is 7.08. The van der Waals surface area contributed by atoms with Crippen LogP contribution in [0.15, 0.2) is 41.3 Å². The maximum absolute atomic E-state index is 14.6. The van der Waals surface area contributed by atoms with Gasteiger partial charge in [-0.15, -0.1) is 0 Å². The Labute approximate surface area is 162 Å². The van der Waals surface area contributed by atoms with Crippen LogP contribution in [0.5, 0.6) is 5.75 Å². The smallest absolute Gasteiger partial charge is 0.290 e. The van der Waals surface area contributed by atoms with Crippen molar-refractivity contribution in [3.8, 4) is 5.75 Å². The fourth-order valence-electron chi connectivity index (χ4n) is 2.89. The molecule has 9 heteroatoms. The van der Waals surface area contributed by atoms with Crippen molar-refractivity contribution < 1.29 is 27.9 Å². The molecular weight excluding hydrogens is 390 g/mol. The molecule has 142 valence electrons. The zero-order valence-corrected chi connectivity index (χ0v) is 15.0. The van der Waals surface area contributed by atoms with Crippen molar-refractivity contribution in [3.05, 3.63) is 64.1 Å². The van der Waals surface area contributed by atoms with Crippen LogP contribution >= 0.6 is 11.8 Å². The Morgan fingerprint density at radius 1 is 1.14 bits per heavy atom. The first-order chi connectivity index (χ1) is 13.4. The second-order valence-electron chi connectivity index (χ2n) is 6.10. The molecule has 2 heterocycles. The van der Waals surface area contributed by atoms with Crippen LogP contribution in [0.25, 0.3) is 6.08 Å². The first-order valence-corrected chi connectivity index (χ1v) is 8.98. The van der Waals surface area contributed by atoms with Gasteiger partial charge in [-0.05, 0) is 53.2 Å². The molecule has 2 aliphatic rings. The lowest BCUT2D eigenvalue weighted by atomic mass is 10.1. The molecule has 2 aromatic carbocycles. The Balaban J connectivity index is 1.72. The van der Waals surface area contributed by atoms with Gasteiger partial charge in [-0.25, -0.2) is 8.78 Å². The Morgan fingerprint density at radius 2 is 1.89 bits per heavy atom. The van der Waals surface area contributed by atoms with Gasteiger partial charge in [0, 0.05) is 0 Å². The molecule has 6 nitrogen and oxygen atoms in total. The number of carbonyl (C=O) groups excluding carboxylic acids is 3. The average Bonchev–Trinajstić information content (AvgIpc) is 2.96. The highest BCUT2D eigenvalue weighted by molar-refractivity contribution is 8.18. The standard InChI is InChI=1S/C19H12F2N2O4S/c20-12-3-1-10(2-4-12)8-23-14-6-11(7-15-18(25)22-19(26)28-15)5-13(21)17(14)27-9-16(23)24/h1-7H,8-9H2,(H,22,25,26)/b15-7-. The molecule has 4 rings (SSSR count). The van der Waals surface area contributed by atoms with Crippen LogP contribution in [0, 0.1) is 11.6 Å². The van der Waals surface area contributed by atoms with E-state index in [-0.39, 0.29) is 35.4 Å². The van der Waals surface area contributed by atoms with Gasteiger partial charge >= 0.3 is 0 Å². The number of hydrogen-bond donors (Lipinski definition) is 1. The van der Waals surface area contributed by atoms with Crippen molar-refractivity contribution in [2.24, 2.45) is 0 Å². The van der Waals surface area contributed by atoms with E-state index in [1.165, 1.54) is 41.3 Å². The molecule has 0 spiro atoms. The predicted octanol–water partition coefficient (Wildman–Crippen LogP) is 3.21. The zero-order valence-electron chi connectivity index (χ0n) is 14.2.